The van der Waals surface area contributed by atoms with E-state index in [9.17, 15) is 5.11 Å². The van der Waals surface area contributed by atoms with Crippen molar-refractivity contribution in [3.8, 4) is 0 Å². The van der Waals surface area contributed by atoms with E-state index < -0.39 is 16.1 Å². The van der Waals surface area contributed by atoms with Crippen molar-refractivity contribution < 1.29 is 41.5 Å². The maximum atomic E-state index is 9.58. The SMILES string of the molecule is [3H][B]SO[C@H](CCOP([B])C)C[C@@H](OCOC)[C@@H](CC)CC=C.[3H][B]SO[C@H](CCOP([B])C)C[C@@H](OCOC)[C@@H](CO)CC=C. The Morgan fingerprint density at radius 3 is 1.61 bits per heavy atom. The van der Waals surface area contributed by atoms with Crippen LogP contribution in [-0.2, 0) is 36.4 Å². The number of hydrogen-bond donors (Lipinski definition) is 1. The summed E-state index contributed by atoms with van der Waals surface area (Å²) < 4.78 is 57.9. The smallest absolute Gasteiger partial charge is 0.209 e. The number of aliphatic hydroxyl groups excluding tert-OH is 1. The van der Waals surface area contributed by atoms with Crippen LogP contribution >= 0.6 is 39.8 Å². The Morgan fingerprint density at radius 2 is 1.27 bits per heavy atom. The molecule has 0 heterocycles. The van der Waals surface area contributed by atoms with Gasteiger partial charge in [-0.1, -0.05) is 49.3 Å². The third-order valence-corrected chi connectivity index (χ3v) is 8.34. The van der Waals surface area contributed by atoms with Crippen LogP contribution in [0.15, 0.2) is 25.3 Å². The highest BCUT2D eigenvalue weighted by Gasteiger charge is 2.26. The molecule has 0 saturated carbocycles. The lowest BCUT2D eigenvalue weighted by molar-refractivity contribution is -0.108. The minimum Gasteiger partial charge on any atom is -0.396 e. The molecule has 0 aliphatic rings. The van der Waals surface area contributed by atoms with Crippen molar-refractivity contribution in [2.75, 3.05) is 61.0 Å². The zero-order chi connectivity index (χ0) is 35.0. The lowest BCUT2D eigenvalue weighted by Crippen LogP contribution is -2.32. The summed E-state index contributed by atoms with van der Waals surface area (Å²) in [6.07, 6.45) is 8.31. The third-order valence-electron chi connectivity index (χ3n) is 6.39. The second kappa shape index (κ2) is 33.8. The minimum atomic E-state index is -0.907. The maximum absolute atomic E-state index is 9.58. The predicted molar refractivity (Wildman–Crippen MR) is 194 cm³/mol. The zero-order valence-corrected chi connectivity index (χ0v) is 30.7. The molecule has 44 heavy (non-hydrogen) atoms. The van der Waals surface area contributed by atoms with Gasteiger partial charge in [0, 0.05) is 39.6 Å². The standard InChI is InChI=1S/C14H28B2O4PS.C13H26B2O5PS/c1-5-7-12(6-2)14(18-11-17-3)10-13(20-22-16)8-9-19-21(4)15;1-4-5-11(9-16)13(18-10-17-2)8-12(20-22-15)6-7-19-21(3)14/h5,12-14,16H,1,6-11H2,2-4H3;4,11-13,15-16H,1,5-10H2,2-3H3/t12-,13+,14+,21?;11-,12-,13-,21?/m01/s1/i16T;15T. The summed E-state index contributed by atoms with van der Waals surface area (Å²) in [6.45, 7) is 14.8. The quantitative estimate of drug-likeness (QED) is 0.0329. The van der Waals surface area contributed by atoms with Crippen LogP contribution < -0.4 is 0 Å². The molecule has 8 atom stereocenters. The molecule has 0 aliphatic carbocycles. The fraction of sp³-hybridized carbons (Fsp3) is 0.852. The average Bonchev–Trinajstić information content (AvgIpc) is 3.03. The number of hydrogen-bond acceptors (Lipinski definition) is 11. The molecule has 0 aromatic rings. The van der Waals surface area contributed by atoms with Gasteiger partial charge in [0.25, 0.3) is 0 Å². The first-order valence-corrected chi connectivity index (χ1v) is 19.6. The van der Waals surface area contributed by atoms with E-state index in [2.05, 4.69) is 20.1 Å². The molecule has 0 saturated heterocycles. The summed E-state index contributed by atoms with van der Waals surface area (Å²) in [5.74, 6) is 0.273. The summed E-state index contributed by atoms with van der Waals surface area (Å²) in [4.78, 5) is 0. The van der Waals surface area contributed by atoms with Crippen molar-refractivity contribution in [3.05, 3.63) is 25.3 Å². The van der Waals surface area contributed by atoms with Gasteiger partial charge < -0.3 is 41.5 Å². The molecule has 2 unspecified atom stereocenters. The molecule has 0 aromatic carbocycles. The molecule has 0 spiro atoms. The van der Waals surface area contributed by atoms with E-state index in [4.69, 9.17) is 54.2 Å². The molecule has 0 amide bonds. The predicted octanol–water partition coefficient (Wildman–Crippen LogP) is 5.25. The fourth-order valence-corrected chi connectivity index (χ4v) is 5.65. The van der Waals surface area contributed by atoms with Gasteiger partial charge in [-0.05, 0) is 63.7 Å². The molecule has 0 rings (SSSR count). The Hall–Kier alpha value is 0.940. The average molecular weight is 696 g/mol. The van der Waals surface area contributed by atoms with E-state index >= 15 is 0 Å². The van der Waals surface area contributed by atoms with Gasteiger partial charge in [0.05, 0.1) is 37.6 Å². The Labute approximate surface area is 286 Å². The van der Waals surface area contributed by atoms with Gasteiger partial charge in [-0.25, -0.2) is 0 Å². The van der Waals surface area contributed by atoms with E-state index in [0.717, 1.165) is 43.7 Å². The van der Waals surface area contributed by atoms with E-state index in [1.54, 1.807) is 20.3 Å². The Balaban J connectivity index is 0. The van der Waals surface area contributed by atoms with Crippen LogP contribution in [0, 0.1) is 11.8 Å². The van der Waals surface area contributed by atoms with Gasteiger partial charge in [-0.2, -0.15) is 0 Å². The second-order valence-corrected chi connectivity index (χ2v) is 13.3. The van der Waals surface area contributed by atoms with Crippen LogP contribution in [0.1, 0.15) is 51.9 Å². The molecule has 0 aromatic heterocycles. The van der Waals surface area contributed by atoms with Crippen LogP contribution in [0.3, 0.4) is 0 Å². The molecule has 0 bridgehead atoms. The lowest BCUT2D eigenvalue weighted by Gasteiger charge is -2.29. The summed E-state index contributed by atoms with van der Waals surface area (Å²) in [6, 6.07) is 0. The van der Waals surface area contributed by atoms with E-state index in [1.165, 1.54) is 7.09 Å². The van der Waals surface area contributed by atoms with Crippen LogP contribution in [-0.4, -0.2) is 122 Å². The first-order chi connectivity index (χ1) is 22.2. The topological polar surface area (TPSA) is 94.1 Å². The molecule has 9 nitrogen and oxygen atoms in total. The van der Waals surface area contributed by atoms with Crippen molar-refractivity contribution in [1.29, 1.82) is 2.67 Å². The molecular weight excluding hydrogens is 638 g/mol. The van der Waals surface area contributed by atoms with Gasteiger partial charge >= 0.3 is 0 Å². The number of aliphatic hydroxyl groups is 1. The Morgan fingerprint density at radius 1 is 0.841 bits per heavy atom. The molecule has 0 aliphatic heterocycles. The molecular formula is C27H54B4O9P2S2. The first-order valence-electron chi connectivity index (χ1n) is 15.6. The van der Waals surface area contributed by atoms with Crippen molar-refractivity contribution in [3.63, 3.8) is 0 Å². The van der Waals surface area contributed by atoms with Gasteiger partial charge in [-0.15, -0.1) is 13.2 Å². The van der Waals surface area contributed by atoms with E-state index in [0.29, 0.717) is 51.2 Å². The monoisotopic (exact) mass is 696 g/mol. The van der Waals surface area contributed by atoms with Gasteiger partial charge in [0.15, 0.2) is 0 Å². The van der Waals surface area contributed by atoms with E-state index in [1.807, 2.05) is 19.4 Å². The summed E-state index contributed by atoms with van der Waals surface area (Å²) in [5, 5.41) is 9.58. The van der Waals surface area contributed by atoms with Crippen LogP contribution in [0.2, 0.25) is 0 Å². The highest BCUT2D eigenvalue weighted by atomic mass is 32.2. The first kappa shape index (κ1) is 43.0. The molecule has 250 valence electrons. The van der Waals surface area contributed by atoms with E-state index in [-0.39, 0.29) is 50.5 Å². The maximum Gasteiger partial charge on any atom is 0.209 e. The Kier molecular flexibility index (Phi) is 33.0. The summed E-state index contributed by atoms with van der Waals surface area (Å²) >= 11 is 1.99. The normalized spacial score (nSPS) is 17.3. The molecule has 17 heteroatoms. The highest BCUT2D eigenvalue weighted by Crippen LogP contribution is 2.29. The zero-order valence-electron chi connectivity index (χ0n) is 29.3. The van der Waals surface area contributed by atoms with Crippen LogP contribution in [0.5, 0.6) is 0 Å². The van der Waals surface area contributed by atoms with Crippen LogP contribution in [0.4, 0.5) is 0 Å². The summed E-state index contributed by atoms with van der Waals surface area (Å²) in [7, 11) is 15.0. The molecule has 1 N–H and O–H groups in total. The largest absolute Gasteiger partial charge is 0.396 e. The number of ether oxygens (including phenoxy) is 4. The Bertz CT molecular complexity index is 643. The lowest BCUT2D eigenvalue weighted by atomic mass is 9.91. The van der Waals surface area contributed by atoms with Gasteiger partial charge in [0.1, 0.15) is 28.7 Å². The number of rotatable bonds is 32. The number of allylic oxidation sites excluding steroid dienone is 2. The summed E-state index contributed by atoms with van der Waals surface area (Å²) in [5.41, 5.74) is 0. The minimum absolute atomic E-state index is 0.00953. The van der Waals surface area contributed by atoms with Crippen LogP contribution in [0.25, 0.3) is 0 Å². The molecule has 0 fully saturated rings. The molecule has 6 radical (unpaired) electrons. The second-order valence-electron chi connectivity index (χ2n) is 9.82. The van der Waals surface area contributed by atoms with Crippen molar-refractivity contribution >= 4 is 69.1 Å². The van der Waals surface area contributed by atoms with Gasteiger partial charge in [0.2, 0.25) is 14.2 Å². The van der Waals surface area contributed by atoms with Gasteiger partial charge in [-0.3, -0.25) is 0 Å². The number of methoxy groups -OCH3 is 2. The van der Waals surface area contributed by atoms with Crippen molar-refractivity contribution in [2.24, 2.45) is 11.8 Å². The van der Waals surface area contributed by atoms with Crippen molar-refractivity contribution in [1.82, 2.24) is 0 Å². The fourth-order valence-electron chi connectivity index (χ4n) is 4.20. The van der Waals surface area contributed by atoms with Crippen molar-refractivity contribution in [2.45, 2.75) is 76.3 Å². The highest BCUT2D eigenvalue weighted by molar-refractivity contribution is 8.16. The third kappa shape index (κ3) is 26.9.